The molecule has 224 valence electrons. The zero-order valence-corrected chi connectivity index (χ0v) is 25.2. The third-order valence-electron chi connectivity index (χ3n) is 7.83. The molecular formula is C36H37N5O3. The van der Waals surface area contributed by atoms with Gasteiger partial charge in [-0.1, -0.05) is 48.5 Å². The summed E-state index contributed by atoms with van der Waals surface area (Å²) in [6.07, 6.45) is 0.947. The first-order chi connectivity index (χ1) is 21.5. The maximum Gasteiger partial charge on any atom is 0.255 e. The SMILES string of the molecule is Cc1cccc(C)c1NC(=O)c1ccc(Nc2nc(-c3ccccc3)c3ccc(OCCCN4CCOCC4)cc3n2)cc1. The Morgan fingerprint density at radius 1 is 0.886 bits per heavy atom. The molecule has 0 unspecified atom stereocenters. The molecule has 1 amide bonds. The van der Waals surface area contributed by atoms with Crippen LogP contribution in [0.15, 0.2) is 91.0 Å². The summed E-state index contributed by atoms with van der Waals surface area (Å²) < 4.78 is 11.6. The predicted molar refractivity (Wildman–Crippen MR) is 176 cm³/mol. The zero-order valence-electron chi connectivity index (χ0n) is 25.2. The van der Waals surface area contributed by atoms with Gasteiger partial charge in [0.1, 0.15) is 5.75 Å². The van der Waals surface area contributed by atoms with Gasteiger partial charge in [0, 0.05) is 53.6 Å². The van der Waals surface area contributed by atoms with Crippen LogP contribution in [0.3, 0.4) is 0 Å². The zero-order chi connectivity index (χ0) is 30.3. The van der Waals surface area contributed by atoms with Crippen LogP contribution in [0.1, 0.15) is 27.9 Å². The van der Waals surface area contributed by atoms with Crippen molar-refractivity contribution in [1.82, 2.24) is 14.9 Å². The van der Waals surface area contributed by atoms with Crippen molar-refractivity contribution in [3.8, 4) is 17.0 Å². The number of anilines is 3. The fourth-order valence-electron chi connectivity index (χ4n) is 5.41. The molecule has 44 heavy (non-hydrogen) atoms. The minimum atomic E-state index is -0.153. The van der Waals surface area contributed by atoms with Crippen molar-refractivity contribution in [3.63, 3.8) is 0 Å². The fraction of sp³-hybridized carbons (Fsp3) is 0.250. The lowest BCUT2D eigenvalue weighted by atomic mass is 10.1. The fourth-order valence-corrected chi connectivity index (χ4v) is 5.41. The van der Waals surface area contributed by atoms with Gasteiger partial charge in [-0.05, 0) is 67.8 Å². The lowest BCUT2D eigenvalue weighted by Crippen LogP contribution is -2.37. The molecule has 0 saturated carbocycles. The number of benzene rings is 4. The summed E-state index contributed by atoms with van der Waals surface area (Å²) in [6, 6.07) is 29.4. The minimum absolute atomic E-state index is 0.153. The van der Waals surface area contributed by atoms with Crippen molar-refractivity contribution in [1.29, 1.82) is 0 Å². The summed E-state index contributed by atoms with van der Waals surface area (Å²) in [5.41, 5.74) is 6.87. The quantitative estimate of drug-likeness (QED) is 0.170. The van der Waals surface area contributed by atoms with Crippen LogP contribution in [0.2, 0.25) is 0 Å². The van der Waals surface area contributed by atoms with Crippen LogP contribution in [-0.4, -0.2) is 60.2 Å². The van der Waals surface area contributed by atoms with Crippen molar-refractivity contribution in [3.05, 3.63) is 108 Å². The minimum Gasteiger partial charge on any atom is -0.493 e. The molecule has 0 radical (unpaired) electrons. The second-order valence-corrected chi connectivity index (χ2v) is 11.0. The maximum absolute atomic E-state index is 13.0. The summed E-state index contributed by atoms with van der Waals surface area (Å²) in [5, 5.41) is 7.33. The first-order valence-corrected chi connectivity index (χ1v) is 15.1. The number of hydrogen-bond donors (Lipinski definition) is 2. The van der Waals surface area contributed by atoms with Gasteiger partial charge in [0.2, 0.25) is 5.95 Å². The van der Waals surface area contributed by atoms with Crippen LogP contribution in [0.25, 0.3) is 22.2 Å². The second kappa shape index (κ2) is 13.7. The average Bonchev–Trinajstić information content (AvgIpc) is 3.05. The van der Waals surface area contributed by atoms with E-state index in [1.807, 2.05) is 92.7 Å². The summed E-state index contributed by atoms with van der Waals surface area (Å²) in [6.45, 7) is 9.18. The molecule has 8 heteroatoms. The van der Waals surface area contributed by atoms with E-state index in [1.54, 1.807) is 12.1 Å². The molecule has 2 heterocycles. The molecule has 5 aromatic rings. The Morgan fingerprint density at radius 2 is 1.64 bits per heavy atom. The topological polar surface area (TPSA) is 88.6 Å². The Hall–Kier alpha value is -4.79. The van der Waals surface area contributed by atoms with Gasteiger partial charge in [0.15, 0.2) is 0 Å². The number of rotatable bonds is 10. The van der Waals surface area contributed by atoms with Gasteiger partial charge in [-0.15, -0.1) is 0 Å². The van der Waals surface area contributed by atoms with Crippen LogP contribution in [0, 0.1) is 13.8 Å². The van der Waals surface area contributed by atoms with Crippen molar-refractivity contribution in [2.45, 2.75) is 20.3 Å². The molecule has 6 rings (SSSR count). The first kappa shape index (κ1) is 29.3. The molecule has 0 atom stereocenters. The number of morpholine rings is 1. The van der Waals surface area contributed by atoms with Gasteiger partial charge in [0.25, 0.3) is 5.91 Å². The van der Waals surface area contributed by atoms with E-state index < -0.39 is 0 Å². The number of ether oxygens (including phenoxy) is 2. The number of carbonyl (C=O) groups excluding carboxylic acids is 1. The number of amides is 1. The summed E-state index contributed by atoms with van der Waals surface area (Å²) in [5.74, 6) is 1.09. The number of aryl methyl sites for hydroxylation is 2. The highest BCUT2D eigenvalue weighted by atomic mass is 16.5. The van der Waals surface area contributed by atoms with Crippen molar-refractivity contribution in [2.75, 3.05) is 50.1 Å². The Kier molecular flexibility index (Phi) is 9.10. The number of hydrogen-bond acceptors (Lipinski definition) is 7. The van der Waals surface area contributed by atoms with Gasteiger partial charge in [-0.2, -0.15) is 0 Å². The van der Waals surface area contributed by atoms with Crippen LogP contribution in [0.4, 0.5) is 17.3 Å². The third kappa shape index (κ3) is 7.05. The maximum atomic E-state index is 13.0. The molecule has 1 aromatic heterocycles. The Labute approximate surface area is 258 Å². The standard InChI is InChI=1S/C36H37N5O3/c1-25-8-6-9-26(2)33(25)39-35(42)28-12-14-29(15-13-28)37-36-38-32-24-30(44-21-7-18-41-19-22-43-23-20-41)16-17-31(32)34(40-36)27-10-4-3-5-11-27/h3-6,8-17,24H,7,18-23H2,1-2H3,(H,39,42)(H,37,38,40). The van der Waals surface area contributed by atoms with Gasteiger partial charge in [-0.25, -0.2) is 9.97 Å². The van der Waals surface area contributed by atoms with Crippen molar-refractivity contribution < 1.29 is 14.3 Å². The first-order valence-electron chi connectivity index (χ1n) is 15.1. The Morgan fingerprint density at radius 3 is 2.39 bits per heavy atom. The van der Waals surface area contributed by atoms with Gasteiger partial charge < -0.3 is 20.1 Å². The summed E-state index contributed by atoms with van der Waals surface area (Å²) >= 11 is 0. The molecular weight excluding hydrogens is 550 g/mol. The monoisotopic (exact) mass is 587 g/mol. The van der Waals surface area contributed by atoms with Gasteiger partial charge in [-0.3, -0.25) is 9.69 Å². The van der Waals surface area contributed by atoms with E-state index in [2.05, 4.69) is 15.5 Å². The summed E-state index contributed by atoms with van der Waals surface area (Å²) in [4.78, 5) is 25.1. The highest BCUT2D eigenvalue weighted by Crippen LogP contribution is 2.31. The molecule has 2 N–H and O–H groups in total. The van der Waals surface area contributed by atoms with Crippen LogP contribution < -0.4 is 15.4 Å². The lowest BCUT2D eigenvalue weighted by Gasteiger charge is -2.26. The molecule has 8 nitrogen and oxygen atoms in total. The molecule has 1 aliphatic rings. The number of para-hydroxylation sites is 1. The molecule has 4 aromatic carbocycles. The van der Waals surface area contributed by atoms with Gasteiger partial charge in [0.05, 0.1) is 31.0 Å². The van der Waals surface area contributed by atoms with Crippen molar-refractivity contribution in [2.24, 2.45) is 0 Å². The molecule has 0 bridgehead atoms. The molecule has 1 aliphatic heterocycles. The van der Waals surface area contributed by atoms with Gasteiger partial charge >= 0.3 is 0 Å². The molecule has 0 aliphatic carbocycles. The largest absolute Gasteiger partial charge is 0.493 e. The Bertz CT molecular complexity index is 1720. The highest BCUT2D eigenvalue weighted by molar-refractivity contribution is 6.05. The molecule has 1 fully saturated rings. The second-order valence-electron chi connectivity index (χ2n) is 11.0. The normalized spacial score (nSPS) is 13.5. The average molecular weight is 588 g/mol. The number of carbonyl (C=O) groups is 1. The predicted octanol–water partition coefficient (Wildman–Crippen LogP) is 7.01. The van der Waals surface area contributed by atoms with E-state index in [0.717, 1.165) is 89.7 Å². The third-order valence-corrected chi connectivity index (χ3v) is 7.83. The van der Waals surface area contributed by atoms with Crippen molar-refractivity contribution >= 4 is 34.1 Å². The van der Waals surface area contributed by atoms with E-state index in [-0.39, 0.29) is 5.91 Å². The van der Waals surface area contributed by atoms with E-state index in [1.165, 1.54) is 0 Å². The summed E-state index contributed by atoms with van der Waals surface area (Å²) in [7, 11) is 0. The number of fused-ring (bicyclic) bond motifs is 1. The van der Waals surface area contributed by atoms with Crippen LogP contribution in [0.5, 0.6) is 5.75 Å². The van der Waals surface area contributed by atoms with E-state index in [0.29, 0.717) is 18.1 Å². The van der Waals surface area contributed by atoms with Crippen LogP contribution >= 0.6 is 0 Å². The lowest BCUT2D eigenvalue weighted by molar-refractivity contribution is 0.0358. The highest BCUT2D eigenvalue weighted by Gasteiger charge is 2.14. The van der Waals surface area contributed by atoms with E-state index in [9.17, 15) is 4.79 Å². The smallest absolute Gasteiger partial charge is 0.255 e. The number of nitrogens with zero attached hydrogens (tertiary/aromatic N) is 3. The van der Waals surface area contributed by atoms with Crippen LogP contribution in [-0.2, 0) is 4.74 Å². The molecule has 0 spiro atoms. The number of aromatic nitrogens is 2. The van der Waals surface area contributed by atoms with E-state index in [4.69, 9.17) is 19.4 Å². The number of nitrogens with one attached hydrogen (secondary N) is 2. The van der Waals surface area contributed by atoms with E-state index >= 15 is 0 Å². The molecule has 1 saturated heterocycles. The Balaban J connectivity index is 1.19.